The van der Waals surface area contributed by atoms with E-state index in [1.165, 1.54) is 6.42 Å². The second-order valence-corrected chi connectivity index (χ2v) is 9.20. The van der Waals surface area contributed by atoms with Gasteiger partial charge in [0.2, 0.25) is 0 Å². The number of hydrogen-bond donors (Lipinski definition) is 2. The van der Waals surface area contributed by atoms with Crippen molar-refractivity contribution < 1.29 is 10.2 Å². The summed E-state index contributed by atoms with van der Waals surface area (Å²) in [5, 5.41) is 25.2. The van der Waals surface area contributed by atoms with Crippen LogP contribution in [0.4, 0.5) is 0 Å². The molecule has 0 radical (unpaired) electrons. The molecular weight excluding hydrogens is 390 g/mol. The Morgan fingerprint density at radius 2 is 1.40 bits per heavy atom. The van der Waals surface area contributed by atoms with E-state index < -0.39 is 11.7 Å². The maximum absolute atomic E-state index is 12.4. The van der Waals surface area contributed by atoms with Gasteiger partial charge in [-0.3, -0.25) is 4.90 Å². The smallest absolute Gasteiger partial charge is 0.130 e. The lowest BCUT2D eigenvalue weighted by molar-refractivity contribution is -0.0366. The first kappa shape index (κ1) is 21.3. The zero-order valence-corrected chi connectivity index (χ0v) is 18.2. The summed E-state index contributed by atoms with van der Waals surface area (Å²) >= 11 is 1.59. The van der Waals surface area contributed by atoms with Gasteiger partial charge in [-0.15, -0.1) is 11.3 Å². The predicted molar refractivity (Wildman–Crippen MR) is 124 cm³/mol. The summed E-state index contributed by atoms with van der Waals surface area (Å²) < 4.78 is 0. The number of aliphatic hydroxyl groups is 2. The van der Waals surface area contributed by atoms with Gasteiger partial charge in [0.15, 0.2) is 0 Å². The molecule has 4 heteroatoms. The molecule has 1 aliphatic rings. The van der Waals surface area contributed by atoms with Gasteiger partial charge >= 0.3 is 0 Å². The van der Waals surface area contributed by atoms with Gasteiger partial charge in [0.25, 0.3) is 0 Å². The van der Waals surface area contributed by atoms with Crippen molar-refractivity contribution in [2.24, 2.45) is 0 Å². The third kappa shape index (κ3) is 4.52. The number of rotatable bonds is 8. The van der Waals surface area contributed by atoms with Crippen molar-refractivity contribution in [3.8, 4) is 0 Å². The summed E-state index contributed by atoms with van der Waals surface area (Å²) in [5.74, 6) is 0. The largest absolute Gasteiger partial charge is 0.388 e. The Bertz CT molecular complexity index is 836. The molecule has 0 aliphatic carbocycles. The molecule has 3 nitrogen and oxygen atoms in total. The minimum Gasteiger partial charge on any atom is -0.388 e. The highest BCUT2D eigenvalue weighted by Gasteiger charge is 2.43. The van der Waals surface area contributed by atoms with E-state index >= 15 is 0 Å². The first-order valence-electron chi connectivity index (χ1n) is 11.0. The van der Waals surface area contributed by atoms with E-state index in [2.05, 4.69) is 4.90 Å². The molecule has 2 unspecified atom stereocenters. The van der Waals surface area contributed by atoms with Crippen LogP contribution in [0, 0.1) is 0 Å². The molecule has 3 aromatic rings. The Labute approximate surface area is 183 Å². The number of thiophene rings is 1. The number of aliphatic hydroxyl groups excluding tert-OH is 1. The fourth-order valence-electron chi connectivity index (χ4n) is 4.76. The zero-order chi connectivity index (χ0) is 20.8. The van der Waals surface area contributed by atoms with Gasteiger partial charge in [0, 0.05) is 10.9 Å². The van der Waals surface area contributed by atoms with Gasteiger partial charge in [0.1, 0.15) is 5.60 Å². The number of likely N-dealkylation sites (tertiary alicyclic amines) is 1. The van der Waals surface area contributed by atoms with Crippen molar-refractivity contribution in [2.45, 2.75) is 49.9 Å². The topological polar surface area (TPSA) is 43.7 Å². The monoisotopic (exact) mass is 421 g/mol. The molecule has 158 valence electrons. The van der Waals surface area contributed by atoms with Crippen LogP contribution >= 0.6 is 11.3 Å². The van der Waals surface area contributed by atoms with Crippen LogP contribution in [0.25, 0.3) is 0 Å². The first-order chi connectivity index (χ1) is 14.7. The summed E-state index contributed by atoms with van der Waals surface area (Å²) in [7, 11) is 0. The van der Waals surface area contributed by atoms with E-state index in [9.17, 15) is 10.2 Å². The lowest BCUT2D eigenvalue weighted by Crippen LogP contribution is -2.53. The molecule has 4 rings (SSSR count). The lowest BCUT2D eigenvalue weighted by atomic mass is 9.76. The molecule has 1 fully saturated rings. The Morgan fingerprint density at radius 3 is 1.93 bits per heavy atom. The maximum atomic E-state index is 12.4. The van der Waals surface area contributed by atoms with Gasteiger partial charge < -0.3 is 10.2 Å². The lowest BCUT2D eigenvalue weighted by Gasteiger charge is -2.45. The van der Waals surface area contributed by atoms with Crippen LogP contribution in [0.5, 0.6) is 0 Å². The maximum Gasteiger partial charge on any atom is 0.130 e. The van der Waals surface area contributed by atoms with Crippen LogP contribution in [0.15, 0.2) is 78.2 Å². The van der Waals surface area contributed by atoms with Gasteiger partial charge in [-0.05, 0) is 61.3 Å². The molecule has 1 aliphatic heterocycles. The van der Waals surface area contributed by atoms with Crippen LogP contribution in [0.2, 0.25) is 0 Å². The fraction of sp³-hybridized carbons (Fsp3) is 0.385. The quantitative estimate of drug-likeness (QED) is 0.515. The van der Waals surface area contributed by atoms with Crippen LogP contribution < -0.4 is 0 Å². The van der Waals surface area contributed by atoms with Crippen LogP contribution in [-0.4, -0.2) is 34.2 Å². The Morgan fingerprint density at radius 1 is 0.800 bits per heavy atom. The van der Waals surface area contributed by atoms with Crippen LogP contribution in [-0.2, 0) is 5.60 Å². The molecule has 1 aromatic heterocycles. The van der Waals surface area contributed by atoms with Gasteiger partial charge in [-0.1, -0.05) is 73.2 Å². The second-order valence-electron chi connectivity index (χ2n) is 8.22. The third-order valence-corrected chi connectivity index (χ3v) is 7.30. The van der Waals surface area contributed by atoms with Crippen molar-refractivity contribution in [3.05, 3.63) is 94.2 Å². The normalized spacial score (nSPS) is 17.5. The van der Waals surface area contributed by atoms with Crippen molar-refractivity contribution in [1.82, 2.24) is 4.90 Å². The molecule has 30 heavy (non-hydrogen) atoms. The van der Waals surface area contributed by atoms with Crippen molar-refractivity contribution in [1.29, 1.82) is 0 Å². The highest BCUT2D eigenvalue weighted by molar-refractivity contribution is 7.10. The Hall–Kier alpha value is -1.98. The van der Waals surface area contributed by atoms with Crippen molar-refractivity contribution >= 4 is 11.3 Å². The zero-order valence-electron chi connectivity index (χ0n) is 17.4. The molecule has 0 spiro atoms. The van der Waals surface area contributed by atoms with Crippen LogP contribution in [0.1, 0.15) is 54.2 Å². The molecule has 1 saturated heterocycles. The third-order valence-electron chi connectivity index (χ3n) is 6.33. The van der Waals surface area contributed by atoms with Crippen LogP contribution in [0.3, 0.4) is 0 Å². The number of benzene rings is 2. The number of hydrogen-bond acceptors (Lipinski definition) is 4. The first-order valence-corrected chi connectivity index (χ1v) is 11.9. The van der Waals surface area contributed by atoms with Gasteiger partial charge in [-0.25, -0.2) is 0 Å². The molecule has 0 bridgehead atoms. The fourth-order valence-corrected chi connectivity index (χ4v) is 5.51. The molecule has 2 heterocycles. The van der Waals surface area contributed by atoms with E-state index in [1.54, 1.807) is 11.3 Å². The minimum atomic E-state index is -1.13. The number of piperidine rings is 1. The summed E-state index contributed by atoms with van der Waals surface area (Å²) in [6.45, 7) is 1.98. The molecule has 2 N–H and O–H groups in total. The summed E-state index contributed by atoms with van der Waals surface area (Å²) in [6, 6.07) is 24.0. The highest BCUT2D eigenvalue weighted by Crippen LogP contribution is 2.40. The SMILES string of the molecule is OC(CCC(N1CCCCC1)C(O)(c1ccccc1)c1ccccc1)c1cccs1. The minimum absolute atomic E-state index is 0.0998. The predicted octanol–water partition coefficient (Wildman–Crippen LogP) is 5.35. The highest BCUT2D eigenvalue weighted by atomic mass is 32.1. The standard InChI is InChI=1S/C26H31NO2S/c28-23(24-15-10-20-30-24)16-17-25(27-18-8-3-9-19-27)26(29,21-11-4-1-5-12-21)22-13-6-2-7-14-22/h1-2,4-7,10-15,20,23,25,28-29H,3,8-9,16-19H2. The van der Waals surface area contributed by atoms with Crippen molar-refractivity contribution in [2.75, 3.05) is 13.1 Å². The second kappa shape index (κ2) is 9.88. The van der Waals surface area contributed by atoms with Gasteiger partial charge in [0.05, 0.1) is 6.10 Å². The molecule has 0 amide bonds. The van der Waals surface area contributed by atoms with E-state index in [-0.39, 0.29) is 6.04 Å². The van der Waals surface area contributed by atoms with Crippen molar-refractivity contribution in [3.63, 3.8) is 0 Å². The van der Waals surface area contributed by atoms with E-state index in [4.69, 9.17) is 0 Å². The van der Waals surface area contributed by atoms with Gasteiger partial charge in [-0.2, -0.15) is 0 Å². The average molecular weight is 422 g/mol. The van der Waals surface area contributed by atoms with E-state index in [1.807, 2.05) is 78.2 Å². The Balaban J connectivity index is 1.71. The molecular formula is C26H31NO2S. The number of nitrogens with zero attached hydrogens (tertiary/aromatic N) is 1. The average Bonchev–Trinajstić information content (AvgIpc) is 3.36. The molecule has 2 atom stereocenters. The summed E-state index contributed by atoms with van der Waals surface area (Å²) in [5.41, 5.74) is 0.699. The van der Waals surface area contributed by atoms with E-state index in [0.29, 0.717) is 6.42 Å². The molecule has 0 saturated carbocycles. The Kier molecular flexibility index (Phi) is 7.00. The molecule has 2 aromatic carbocycles. The summed E-state index contributed by atoms with van der Waals surface area (Å²) in [6.07, 6.45) is 4.42. The summed E-state index contributed by atoms with van der Waals surface area (Å²) in [4.78, 5) is 3.44. The van der Waals surface area contributed by atoms with E-state index in [0.717, 1.165) is 48.4 Å².